The van der Waals surface area contributed by atoms with Gasteiger partial charge in [-0.2, -0.15) is 0 Å². The Labute approximate surface area is 165 Å². The van der Waals surface area contributed by atoms with Crippen LogP contribution in [0.4, 0.5) is 5.69 Å². The smallest absolute Gasteiger partial charge is 0.345 e. The second-order valence-electron chi connectivity index (χ2n) is 6.67. The molecule has 4 nitrogen and oxygen atoms in total. The number of nitrogens with one attached hydrogen (secondary N) is 1. The number of hydrogen-bond donors (Lipinski definition) is 2. The second-order valence-corrected chi connectivity index (χ2v) is 7.08. The number of nitrogen functional groups attached to an aromatic ring is 1. The summed E-state index contributed by atoms with van der Waals surface area (Å²) in [4.78, 5) is 16.0. The first-order valence-electron chi connectivity index (χ1n) is 8.80. The summed E-state index contributed by atoms with van der Waals surface area (Å²) in [5.41, 5.74) is 8.54. The number of halogens is 1. The van der Waals surface area contributed by atoms with Crippen molar-refractivity contribution < 1.29 is 9.53 Å². The maximum Gasteiger partial charge on any atom is 0.345 e. The number of H-pyrrole nitrogens is 1. The Morgan fingerprint density at radius 1 is 0.893 bits per heavy atom. The lowest BCUT2D eigenvalue weighted by atomic mass is 10.1. The van der Waals surface area contributed by atoms with Crippen LogP contribution in [0, 0.1) is 0 Å². The van der Waals surface area contributed by atoms with Crippen molar-refractivity contribution in [2.24, 2.45) is 0 Å². The molecule has 0 aliphatic heterocycles. The van der Waals surface area contributed by atoms with Crippen LogP contribution in [0.1, 0.15) is 10.4 Å². The van der Waals surface area contributed by atoms with Gasteiger partial charge in [0.25, 0.3) is 0 Å². The average molecular weight is 387 g/mol. The molecule has 5 aromatic rings. The fourth-order valence-corrected chi connectivity index (χ4v) is 3.74. The molecule has 1 heterocycles. The molecule has 0 unspecified atom stereocenters. The van der Waals surface area contributed by atoms with Crippen molar-refractivity contribution in [1.82, 2.24) is 4.98 Å². The van der Waals surface area contributed by atoms with Gasteiger partial charge in [-0.25, -0.2) is 4.79 Å². The van der Waals surface area contributed by atoms with Crippen molar-refractivity contribution in [1.29, 1.82) is 0 Å². The van der Waals surface area contributed by atoms with E-state index in [0.29, 0.717) is 16.5 Å². The number of nitrogens with two attached hydrogens (primary N) is 1. The lowest BCUT2D eigenvalue weighted by Gasteiger charge is -2.08. The third-order valence-electron chi connectivity index (χ3n) is 4.89. The van der Waals surface area contributed by atoms with Gasteiger partial charge in [-0.15, -0.1) is 0 Å². The number of carbonyl (C=O) groups is 1. The summed E-state index contributed by atoms with van der Waals surface area (Å²) >= 11 is 6.11. The van der Waals surface area contributed by atoms with Crippen LogP contribution in [-0.2, 0) is 0 Å². The van der Waals surface area contributed by atoms with Crippen LogP contribution in [0.2, 0.25) is 5.02 Å². The van der Waals surface area contributed by atoms with E-state index in [9.17, 15) is 4.79 Å². The summed E-state index contributed by atoms with van der Waals surface area (Å²) in [5.74, 6) is -0.0948. The van der Waals surface area contributed by atoms with Crippen LogP contribution in [0.15, 0.2) is 72.8 Å². The number of hydrogen-bond acceptors (Lipinski definition) is 3. The van der Waals surface area contributed by atoms with Crippen LogP contribution in [0.3, 0.4) is 0 Å². The van der Waals surface area contributed by atoms with Crippen LogP contribution in [0.25, 0.3) is 32.6 Å². The zero-order valence-electron chi connectivity index (χ0n) is 14.7. The summed E-state index contributed by atoms with van der Waals surface area (Å²) in [5, 5.41) is 4.63. The molecule has 5 heteroatoms. The summed E-state index contributed by atoms with van der Waals surface area (Å²) in [6, 6.07) is 22.6. The van der Waals surface area contributed by atoms with E-state index in [1.165, 1.54) is 6.07 Å². The molecule has 0 saturated heterocycles. The van der Waals surface area contributed by atoms with E-state index in [2.05, 4.69) is 23.2 Å². The normalized spacial score (nSPS) is 11.3. The lowest BCUT2D eigenvalue weighted by molar-refractivity contribution is 0.0735. The Kier molecular flexibility index (Phi) is 3.74. The minimum Gasteiger partial charge on any atom is -0.423 e. The molecule has 0 aliphatic rings. The Morgan fingerprint density at radius 2 is 1.71 bits per heavy atom. The van der Waals surface area contributed by atoms with E-state index >= 15 is 0 Å². The number of benzene rings is 4. The molecule has 0 spiro atoms. The van der Waals surface area contributed by atoms with Gasteiger partial charge in [0.15, 0.2) is 0 Å². The summed E-state index contributed by atoms with van der Waals surface area (Å²) in [6.45, 7) is 0. The molecular weight excluding hydrogens is 372 g/mol. The monoisotopic (exact) mass is 386 g/mol. The van der Waals surface area contributed by atoms with Crippen LogP contribution >= 0.6 is 11.6 Å². The minimum absolute atomic E-state index is 0.241. The fraction of sp³-hybridized carbons (Fsp3) is 0. The van der Waals surface area contributed by atoms with E-state index in [4.69, 9.17) is 22.1 Å². The fourth-order valence-electron chi connectivity index (χ4n) is 3.54. The number of rotatable bonds is 2. The number of para-hydroxylation sites is 1. The quantitative estimate of drug-likeness (QED) is 0.224. The second kappa shape index (κ2) is 6.29. The van der Waals surface area contributed by atoms with E-state index in [-0.39, 0.29) is 5.56 Å². The van der Waals surface area contributed by atoms with Crippen molar-refractivity contribution in [3.05, 3.63) is 83.4 Å². The molecule has 0 atom stereocenters. The molecule has 136 valence electrons. The van der Waals surface area contributed by atoms with Gasteiger partial charge in [-0.05, 0) is 41.8 Å². The van der Waals surface area contributed by atoms with Gasteiger partial charge in [-0.1, -0.05) is 48.0 Å². The molecule has 4 aromatic carbocycles. The number of carbonyl (C=O) groups excluding carboxylic acids is 1. The van der Waals surface area contributed by atoms with E-state index < -0.39 is 5.97 Å². The number of aromatic amines is 1. The number of fused-ring (bicyclic) bond motifs is 5. The van der Waals surface area contributed by atoms with Crippen molar-refractivity contribution in [2.75, 3.05) is 5.73 Å². The highest BCUT2D eigenvalue weighted by Crippen LogP contribution is 2.33. The summed E-state index contributed by atoms with van der Waals surface area (Å²) < 4.78 is 5.57. The minimum atomic E-state index is -0.541. The number of ether oxygens (including phenoxy) is 1. The molecule has 0 amide bonds. The lowest BCUT2D eigenvalue weighted by Crippen LogP contribution is -2.09. The topological polar surface area (TPSA) is 68.1 Å². The summed E-state index contributed by atoms with van der Waals surface area (Å²) in [6.07, 6.45) is 0. The summed E-state index contributed by atoms with van der Waals surface area (Å²) in [7, 11) is 0. The molecule has 3 N–H and O–H groups in total. The molecule has 5 rings (SSSR count). The van der Waals surface area contributed by atoms with Crippen molar-refractivity contribution in [3.63, 3.8) is 0 Å². The van der Waals surface area contributed by atoms with Crippen LogP contribution in [0.5, 0.6) is 5.75 Å². The predicted molar refractivity (Wildman–Crippen MR) is 114 cm³/mol. The molecule has 0 saturated carbocycles. The zero-order valence-corrected chi connectivity index (χ0v) is 15.5. The van der Waals surface area contributed by atoms with Gasteiger partial charge >= 0.3 is 5.97 Å². The number of anilines is 1. The number of aromatic nitrogens is 1. The van der Waals surface area contributed by atoms with Gasteiger partial charge < -0.3 is 15.5 Å². The molecule has 0 aliphatic carbocycles. The van der Waals surface area contributed by atoms with E-state index in [0.717, 1.165) is 32.6 Å². The highest BCUT2D eigenvalue weighted by molar-refractivity contribution is 6.33. The van der Waals surface area contributed by atoms with E-state index in [1.54, 1.807) is 18.2 Å². The maximum atomic E-state index is 12.6. The third kappa shape index (κ3) is 2.66. The SMILES string of the molecule is Nc1ccc(Cl)c(C(=O)Oc2ccc3ccc4c5ccccc5[nH]c4c3c2)c1. The number of esters is 1. The van der Waals surface area contributed by atoms with Gasteiger partial charge in [0.1, 0.15) is 5.75 Å². The largest absolute Gasteiger partial charge is 0.423 e. The van der Waals surface area contributed by atoms with Crippen molar-refractivity contribution in [2.45, 2.75) is 0 Å². The van der Waals surface area contributed by atoms with Gasteiger partial charge in [-0.3, -0.25) is 0 Å². The maximum absolute atomic E-state index is 12.6. The third-order valence-corrected chi connectivity index (χ3v) is 5.22. The highest BCUT2D eigenvalue weighted by Gasteiger charge is 2.14. The highest BCUT2D eigenvalue weighted by atomic mass is 35.5. The van der Waals surface area contributed by atoms with Gasteiger partial charge in [0, 0.05) is 27.4 Å². The van der Waals surface area contributed by atoms with Crippen molar-refractivity contribution in [3.8, 4) is 5.75 Å². The molecule has 0 radical (unpaired) electrons. The standard InChI is InChI=1S/C23H15ClN2O2/c24-20-10-7-14(25)11-19(20)23(27)28-15-8-5-13-6-9-17-16-3-1-2-4-21(16)26-22(17)18(13)12-15/h1-12,26H,25H2. The van der Waals surface area contributed by atoms with Crippen LogP contribution in [-0.4, -0.2) is 11.0 Å². The Bertz CT molecular complexity index is 1390. The Hall–Kier alpha value is -3.50. The first kappa shape index (κ1) is 16.7. The first-order valence-corrected chi connectivity index (χ1v) is 9.18. The zero-order chi connectivity index (χ0) is 19.3. The van der Waals surface area contributed by atoms with Crippen LogP contribution < -0.4 is 10.5 Å². The van der Waals surface area contributed by atoms with E-state index in [1.807, 2.05) is 30.3 Å². The first-order chi connectivity index (χ1) is 13.6. The molecule has 0 bridgehead atoms. The Balaban J connectivity index is 1.61. The predicted octanol–water partition coefficient (Wildman–Crippen LogP) is 5.93. The van der Waals surface area contributed by atoms with Gasteiger partial charge in [0.05, 0.1) is 16.1 Å². The molecular formula is C23H15ClN2O2. The Morgan fingerprint density at radius 3 is 2.61 bits per heavy atom. The molecule has 28 heavy (non-hydrogen) atoms. The molecule has 1 aromatic heterocycles. The average Bonchev–Trinajstić information content (AvgIpc) is 3.09. The molecule has 0 fully saturated rings. The van der Waals surface area contributed by atoms with Crippen molar-refractivity contribution >= 4 is 55.8 Å². The van der Waals surface area contributed by atoms with Gasteiger partial charge in [0.2, 0.25) is 0 Å².